The molecule has 0 bridgehead atoms. The van der Waals surface area contributed by atoms with Crippen LogP contribution in [0, 0.1) is 10.1 Å². The SMILES string of the molecule is CN(C(=O)CCCOc1cccc(C=O)c1[N+](=O)[O-])C1CCCCC1. The molecule has 1 aromatic rings. The maximum atomic E-state index is 12.2. The Labute approximate surface area is 147 Å². The van der Waals surface area contributed by atoms with E-state index < -0.39 is 4.92 Å². The Hall–Kier alpha value is -2.44. The van der Waals surface area contributed by atoms with Crippen molar-refractivity contribution in [3.63, 3.8) is 0 Å². The summed E-state index contributed by atoms with van der Waals surface area (Å²) in [5.41, 5.74) is -0.348. The molecule has 1 aliphatic carbocycles. The van der Waals surface area contributed by atoms with Crippen molar-refractivity contribution in [2.24, 2.45) is 0 Å². The molecule has 0 radical (unpaired) electrons. The molecule has 0 aromatic heterocycles. The molecule has 7 nitrogen and oxygen atoms in total. The van der Waals surface area contributed by atoms with Gasteiger partial charge < -0.3 is 9.64 Å². The van der Waals surface area contributed by atoms with Crippen LogP contribution in [-0.2, 0) is 4.79 Å². The number of rotatable bonds is 8. The molecule has 1 aromatic carbocycles. The van der Waals surface area contributed by atoms with Gasteiger partial charge >= 0.3 is 5.69 Å². The van der Waals surface area contributed by atoms with E-state index in [-0.39, 0.29) is 29.5 Å². The van der Waals surface area contributed by atoms with Gasteiger partial charge in [0.15, 0.2) is 12.0 Å². The zero-order chi connectivity index (χ0) is 18.2. The first-order valence-corrected chi connectivity index (χ1v) is 8.65. The van der Waals surface area contributed by atoms with Crippen molar-refractivity contribution < 1.29 is 19.2 Å². The van der Waals surface area contributed by atoms with Crippen LogP contribution in [0.1, 0.15) is 55.3 Å². The number of para-hydroxylation sites is 1. The maximum Gasteiger partial charge on any atom is 0.321 e. The summed E-state index contributed by atoms with van der Waals surface area (Å²) >= 11 is 0. The summed E-state index contributed by atoms with van der Waals surface area (Å²) in [4.78, 5) is 35.5. The summed E-state index contributed by atoms with van der Waals surface area (Å²) in [6.07, 6.45) is 6.95. The van der Waals surface area contributed by atoms with Crippen molar-refractivity contribution in [1.82, 2.24) is 4.90 Å². The topological polar surface area (TPSA) is 89.8 Å². The first kappa shape index (κ1) is 18.9. The zero-order valence-corrected chi connectivity index (χ0v) is 14.5. The third-order valence-electron chi connectivity index (χ3n) is 4.65. The van der Waals surface area contributed by atoms with Gasteiger partial charge in [0.05, 0.1) is 17.1 Å². The molecule has 1 aliphatic rings. The van der Waals surface area contributed by atoms with Gasteiger partial charge in [-0.05, 0) is 31.4 Å². The Morgan fingerprint density at radius 2 is 2.08 bits per heavy atom. The first-order valence-electron chi connectivity index (χ1n) is 8.65. The van der Waals surface area contributed by atoms with Gasteiger partial charge in [-0.2, -0.15) is 0 Å². The summed E-state index contributed by atoms with van der Waals surface area (Å²) in [6, 6.07) is 4.70. The van der Waals surface area contributed by atoms with Gasteiger partial charge in [0.2, 0.25) is 5.91 Å². The third kappa shape index (κ3) is 5.01. The van der Waals surface area contributed by atoms with E-state index in [4.69, 9.17) is 4.74 Å². The summed E-state index contributed by atoms with van der Waals surface area (Å²) in [7, 11) is 1.84. The smallest absolute Gasteiger partial charge is 0.321 e. The number of aldehydes is 1. The fourth-order valence-electron chi connectivity index (χ4n) is 3.20. The average Bonchev–Trinajstić information content (AvgIpc) is 2.64. The number of amides is 1. The molecule has 0 spiro atoms. The standard InChI is InChI=1S/C18H24N2O5/c1-19(15-8-3-2-4-9-15)17(22)11-6-12-25-16-10-5-7-14(13-21)18(16)20(23)24/h5,7,10,13,15H,2-4,6,8-9,11-12H2,1H3. The third-order valence-corrected chi connectivity index (χ3v) is 4.65. The lowest BCUT2D eigenvalue weighted by Crippen LogP contribution is -2.38. The molecule has 25 heavy (non-hydrogen) atoms. The molecule has 0 heterocycles. The highest BCUT2D eigenvalue weighted by Crippen LogP contribution is 2.30. The molecule has 1 amide bonds. The molecule has 1 fully saturated rings. The predicted molar refractivity (Wildman–Crippen MR) is 92.9 cm³/mol. The first-order chi connectivity index (χ1) is 12.0. The number of benzene rings is 1. The van der Waals surface area contributed by atoms with Crippen LogP contribution in [-0.4, -0.2) is 41.7 Å². The average molecular weight is 348 g/mol. The minimum Gasteiger partial charge on any atom is -0.487 e. The van der Waals surface area contributed by atoms with Gasteiger partial charge in [0.25, 0.3) is 0 Å². The molecular weight excluding hydrogens is 324 g/mol. The van der Waals surface area contributed by atoms with Gasteiger partial charge in [-0.25, -0.2) is 0 Å². The lowest BCUT2D eigenvalue weighted by Gasteiger charge is -2.31. The van der Waals surface area contributed by atoms with Crippen LogP contribution in [0.2, 0.25) is 0 Å². The number of nitro benzene ring substituents is 1. The van der Waals surface area contributed by atoms with Crippen molar-refractivity contribution in [2.45, 2.75) is 51.0 Å². The second-order valence-electron chi connectivity index (χ2n) is 6.32. The molecule has 7 heteroatoms. The van der Waals surface area contributed by atoms with E-state index in [0.717, 1.165) is 12.8 Å². The highest BCUT2D eigenvalue weighted by Gasteiger charge is 2.22. The minimum absolute atomic E-state index is 0.0180. The van der Waals surface area contributed by atoms with Crippen molar-refractivity contribution in [3.05, 3.63) is 33.9 Å². The Balaban J connectivity index is 1.84. The van der Waals surface area contributed by atoms with Gasteiger partial charge in [-0.15, -0.1) is 0 Å². The largest absolute Gasteiger partial charge is 0.487 e. The molecule has 0 N–H and O–H groups in total. The molecule has 0 atom stereocenters. The fraction of sp³-hybridized carbons (Fsp3) is 0.556. The molecular formula is C18H24N2O5. The normalized spacial score (nSPS) is 14.8. The van der Waals surface area contributed by atoms with Crippen LogP contribution in [0.25, 0.3) is 0 Å². The van der Waals surface area contributed by atoms with Crippen molar-refractivity contribution >= 4 is 17.9 Å². The van der Waals surface area contributed by atoms with Gasteiger partial charge in [-0.3, -0.25) is 19.7 Å². The van der Waals surface area contributed by atoms with E-state index in [9.17, 15) is 19.7 Å². The van der Waals surface area contributed by atoms with Crippen LogP contribution < -0.4 is 4.74 Å². The number of hydrogen-bond acceptors (Lipinski definition) is 5. The fourth-order valence-corrected chi connectivity index (χ4v) is 3.20. The van der Waals surface area contributed by atoms with E-state index in [2.05, 4.69) is 0 Å². The molecule has 2 rings (SSSR count). The Bertz CT molecular complexity index is 626. The van der Waals surface area contributed by atoms with E-state index in [1.807, 2.05) is 11.9 Å². The van der Waals surface area contributed by atoms with Crippen LogP contribution in [0.3, 0.4) is 0 Å². The predicted octanol–water partition coefficient (Wildman–Crippen LogP) is 3.36. The van der Waals surface area contributed by atoms with Gasteiger partial charge in [-0.1, -0.05) is 25.3 Å². The van der Waals surface area contributed by atoms with Crippen molar-refractivity contribution in [2.75, 3.05) is 13.7 Å². The van der Waals surface area contributed by atoms with E-state index in [0.29, 0.717) is 25.2 Å². The summed E-state index contributed by atoms with van der Waals surface area (Å²) in [5, 5.41) is 11.1. The Kier molecular flexibility index (Phi) is 6.91. The van der Waals surface area contributed by atoms with E-state index in [1.165, 1.54) is 37.5 Å². The Morgan fingerprint density at radius 1 is 1.36 bits per heavy atom. The quantitative estimate of drug-likeness (QED) is 0.311. The van der Waals surface area contributed by atoms with Gasteiger partial charge in [0, 0.05) is 19.5 Å². The molecule has 136 valence electrons. The summed E-state index contributed by atoms with van der Waals surface area (Å²) in [5.74, 6) is 0.134. The van der Waals surface area contributed by atoms with Crippen LogP contribution in [0.4, 0.5) is 5.69 Å². The number of nitrogens with zero attached hydrogens (tertiary/aromatic N) is 2. The number of nitro groups is 1. The van der Waals surface area contributed by atoms with Gasteiger partial charge in [0.1, 0.15) is 0 Å². The zero-order valence-electron chi connectivity index (χ0n) is 14.5. The highest BCUT2D eigenvalue weighted by molar-refractivity contribution is 5.83. The highest BCUT2D eigenvalue weighted by atomic mass is 16.6. The minimum atomic E-state index is -0.624. The number of carbonyl (C=O) groups is 2. The Morgan fingerprint density at radius 3 is 2.72 bits per heavy atom. The monoisotopic (exact) mass is 348 g/mol. The van der Waals surface area contributed by atoms with Crippen LogP contribution in [0.15, 0.2) is 18.2 Å². The van der Waals surface area contributed by atoms with Crippen molar-refractivity contribution in [3.8, 4) is 5.75 Å². The number of carbonyl (C=O) groups excluding carboxylic acids is 2. The lowest BCUT2D eigenvalue weighted by molar-refractivity contribution is -0.386. The molecule has 1 saturated carbocycles. The number of hydrogen-bond donors (Lipinski definition) is 0. The van der Waals surface area contributed by atoms with E-state index in [1.54, 1.807) is 0 Å². The van der Waals surface area contributed by atoms with Crippen LogP contribution in [0.5, 0.6) is 5.75 Å². The maximum absolute atomic E-state index is 12.2. The summed E-state index contributed by atoms with van der Waals surface area (Å²) < 4.78 is 5.45. The van der Waals surface area contributed by atoms with Crippen molar-refractivity contribution in [1.29, 1.82) is 0 Å². The summed E-state index contributed by atoms with van der Waals surface area (Å²) in [6.45, 7) is 0.188. The van der Waals surface area contributed by atoms with Crippen LogP contribution >= 0.6 is 0 Å². The molecule has 0 aliphatic heterocycles. The molecule has 0 unspecified atom stereocenters. The van der Waals surface area contributed by atoms with E-state index >= 15 is 0 Å². The number of ether oxygens (including phenoxy) is 1. The molecule has 0 saturated heterocycles. The second kappa shape index (κ2) is 9.15. The lowest BCUT2D eigenvalue weighted by atomic mass is 9.94. The second-order valence-corrected chi connectivity index (χ2v) is 6.32.